The Morgan fingerprint density at radius 3 is 2.43 bits per heavy atom. The number of carboxylic acids is 1. The number of hydrogen-bond donors (Lipinski definition) is 2. The monoisotopic (exact) mass is 497 g/mol. The van der Waals surface area contributed by atoms with Crippen molar-refractivity contribution < 1.29 is 44.3 Å². The molecule has 0 atom stereocenters. The molecule has 0 radical (unpaired) electrons. The van der Waals surface area contributed by atoms with Gasteiger partial charge in [0.25, 0.3) is 5.56 Å². The van der Waals surface area contributed by atoms with Crippen LogP contribution < -0.4 is 50.9 Å². The van der Waals surface area contributed by atoms with Crippen molar-refractivity contribution in [2.24, 2.45) is 7.05 Å². The molecule has 3 aromatic carbocycles. The fraction of sp³-hybridized carbons (Fsp3) is 0.115. The molecule has 0 spiro atoms. The molecule has 0 bridgehead atoms. The number of rotatable bonds is 6. The molecule has 2 amide bonds. The number of carbonyl (C=O) groups excluding carboxylic acids is 2. The molecule has 0 aliphatic heterocycles. The summed E-state index contributed by atoms with van der Waals surface area (Å²) in [6, 6.07) is 20.7. The van der Waals surface area contributed by atoms with Crippen molar-refractivity contribution >= 4 is 40.1 Å². The number of nitrogens with zero attached hydrogens (tertiary/aromatic N) is 1. The van der Waals surface area contributed by atoms with Gasteiger partial charge >= 0.3 is 35.6 Å². The van der Waals surface area contributed by atoms with E-state index in [1.54, 1.807) is 49.5 Å². The van der Waals surface area contributed by atoms with Gasteiger partial charge in [-0.2, -0.15) is 0 Å². The quantitative estimate of drug-likeness (QED) is 0.378. The molecule has 7 nitrogen and oxygen atoms in total. The normalized spacial score (nSPS) is 10.5. The summed E-state index contributed by atoms with van der Waals surface area (Å²) in [7, 11) is 1.67. The number of halogens is 1. The van der Waals surface area contributed by atoms with Gasteiger partial charge in [0, 0.05) is 46.8 Å². The summed E-state index contributed by atoms with van der Waals surface area (Å²) in [6.45, 7) is 0.0724. The minimum absolute atomic E-state index is 0. The molecule has 0 unspecified atom stereocenters. The minimum Gasteiger partial charge on any atom is -0.550 e. The molecule has 0 aliphatic carbocycles. The van der Waals surface area contributed by atoms with Crippen molar-refractivity contribution in [3.05, 3.63) is 99.4 Å². The smallest absolute Gasteiger partial charge is 0.550 e. The summed E-state index contributed by atoms with van der Waals surface area (Å²) >= 11 is 6.26. The van der Waals surface area contributed by atoms with Crippen molar-refractivity contribution in [2.45, 2.75) is 13.0 Å². The number of benzene rings is 3. The minimum atomic E-state index is -1.20. The first-order valence-corrected chi connectivity index (χ1v) is 10.9. The van der Waals surface area contributed by atoms with Crippen molar-refractivity contribution in [1.82, 2.24) is 9.88 Å². The van der Waals surface area contributed by atoms with Gasteiger partial charge in [0.1, 0.15) is 0 Å². The van der Waals surface area contributed by atoms with E-state index in [-0.39, 0.29) is 48.1 Å². The fourth-order valence-corrected chi connectivity index (χ4v) is 4.11. The number of fused-ring (bicyclic) bond motifs is 1. The van der Waals surface area contributed by atoms with Crippen LogP contribution in [0.25, 0.3) is 21.9 Å². The van der Waals surface area contributed by atoms with E-state index in [9.17, 15) is 19.5 Å². The molecule has 35 heavy (non-hydrogen) atoms. The second kappa shape index (κ2) is 11.6. The second-order valence-corrected chi connectivity index (χ2v) is 8.24. The van der Waals surface area contributed by atoms with Crippen LogP contribution in [0.15, 0.2) is 77.6 Å². The van der Waals surface area contributed by atoms with Crippen molar-refractivity contribution in [3.63, 3.8) is 0 Å². The first-order chi connectivity index (χ1) is 16.3. The van der Waals surface area contributed by atoms with Crippen LogP contribution in [0, 0.1) is 0 Å². The van der Waals surface area contributed by atoms with E-state index >= 15 is 0 Å². The molecule has 0 saturated heterocycles. The van der Waals surface area contributed by atoms with E-state index in [1.807, 2.05) is 30.3 Å². The molecule has 0 saturated carbocycles. The zero-order chi connectivity index (χ0) is 24.2. The Labute approximate surface area is 229 Å². The van der Waals surface area contributed by atoms with Crippen LogP contribution >= 0.6 is 11.6 Å². The average molecular weight is 498 g/mol. The van der Waals surface area contributed by atoms with Crippen LogP contribution in [-0.2, 0) is 24.8 Å². The Morgan fingerprint density at radius 2 is 1.71 bits per heavy atom. The molecule has 0 aliphatic rings. The molecule has 1 aromatic heterocycles. The summed E-state index contributed by atoms with van der Waals surface area (Å²) < 4.78 is 1.53. The maximum Gasteiger partial charge on any atom is 1.00 e. The number of aliphatic carboxylic acids is 1. The number of amides is 2. The van der Waals surface area contributed by atoms with Gasteiger partial charge in [-0.1, -0.05) is 54.1 Å². The number of pyridine rings is 1. The van der Waals surface area contributed by atoms with Crippen LogP contribution in [0.1, 0.15) is 11.3 Å². The van der Waals surface area contributed by atoms with Gasteiger partial charge in [-0.3, -0.25) is 4.79 Å². The predicted molar refractivity (Wildman–Crippen MR) is 131 cm³/mol. The molecule has 0 fully saturated rings. The van der Waals surface area contributed by atoms with E-state index in [1.165, 1.54) is 4.57 Å². The third-order valence-electron chi connectivity index (χ3n) is 5.49. The van der Waals surface area contributed by atoms with Gasteiger partial charge in [-0.05, 0) is 46.8 Å². The van der Waals surface area contributed by atoms with Gasteiger partial charge in [0.05, 0.1) is 6.54 Å². The van der Waals surface area contributed by atoms with Gasteiger partial charge in [-0.25, -0.2) is 4.79 Å². The first kappa shape index (κ1) is 26.5. The van der Waals surface area contributed by atoms with Crippen LogP contribution in [0.3, 0.4) is 0 Å². The molecule has 1 heterocycles. The van der Waals surface area contributed by atoms with Crippen LogP contribution in [0.5, 0.6) is 0 Å². The maximum atomic E-state index is 13.0. The maximum absolute atomic E-state index is 13.0. The summed E-state index contributed by atoms with van der Waals surface area (Å²) in [5.74, 6) is -1.20. The molecule has 2 N–H and O–H groups in total. The summed E-state index contributed by atoms with van der Waals surface area (Å²) in [6.07, 6.45) is -0.251. The number of carbonyl (C=O) groups is 2. The van der Waals surface area contributed by atoms with E-state index in [0.717, 1.165) is 11.1 Å². The molecule has 9 heteroatoms. The van der Waals surface area contributed by atoms with E-state index in [4.69, 9.17) is 11.6 Å². The van der Waals surface area contributed by atoms with Gasteiger partial charge < -0.3 is 25.1 Å². The van der Waals surface area contributed by atoms with Gasteiger partial charge in [0.15, 0.2) is 0 Å². The Hall–Kier alpha value is -3.10. The Bertz CT molecular complexity index is 1450. The molecule has 4 aromatic rings. The van der Waals surface area contributed by atoms with Crippen LogP contribution in [0.4, 0.5) is 10.5 Å². The fourth-order valence-electron chi connectivity index (χ4n) is 3.94. The van der Waals surface area contributed by atoms with Crippen molar-refractivity contribution in [3.8, 4) is 11.1 Å². The Kier molecular flexibility index (Phi) is 8.75. The number of aromatic nitrogens is 1. The third-order valence-corrected chi connectivity index (χ3v) is 5.73. The number of carboxylic acid groups (broad SMARTS) is 1. The largest absolute Gasteiger partial charge is 1.00 e. The molecular formula is C26H21ClN3NaO4. The summed E-state index contributed by atoms with van der Waals surface area (Å²) in [5, 5.41) is 18.1. The number of anilines is 1. The van der Waals surface area contributed by atoms with Gasteiger partial charge in [-0.15, -0.1) is 0 Å². The number of nitrogens with one attached hydrogen (secondary N) is 2. The average Bonchev–Trinajstić information content (AvgIpc) is 2.80. The molecular weight excluding hydrogens is 477 g/mol. The van der Waals surface area contributed by atoms with E-state index in [0.29, 0.717) is 32.7 Å². The van der Waals surface area contributed by atoms with Crippen molar-refractivity contribution in [2.75, 3.05) is 5.32 Å². The zero-order valence-electron chi connectivity index (χ0n) is 19.3. The summed E-state index contributed by atoms with van der Waals surface area (Å²) in [5.41, 5.74) is 3.07. The van der Waals surface area contributed by atoms with E-state index < -0.39 is 12.0 Å². The van der Waals surface area contributed by atoms with Crippen molar-refractivity contribution in [1.29, 1.82) is 0 Å². The SMILES string of the molecule is Cn1c(CNC(=O)Nc2cccc(CC(=O)[O-])c2)c(-c2ccccc2)c2cc(Cl)ccc2c1=O.[Na+]. The number of hydrogen-bond acceptors (Lipinski definition) is 4. The predicted octanol–water partition coefficient (Wildman–Crippen LogP) is 0.477. The third kappa shape index (κ3) is 6.13. The topological polar surface area (TPSA) is 103 Å². The standard InChI is InChI=1S/C26H22ClN3O4.Na/c1-30-22(15-28-26(34)29-19-9-5-6-16(12-19)13-23(31)32)24(17-7-3-2-4-8-17)21-14-18(27)10-11-20(21)25(30)33;/h2-12,14H,13,15H2,1H3,(H,31,32)(H2,28,29,34);/q;+1/p-1. The Morgan fingerprint density at radius 1 is 0.971 bits per heavy atom. The Balaban J connectivity index is 0.00000342. The summed E-state index contributed by atoms with van der Waals surface area (Å²) in [4.78, 5) is 36.5. The first-order valence-electron chi connectivity index (χ1n) is 10.5. The molecule has 4 rings (SSSR count). The van der Waals surface area contributed by atoms with Crippen LogP contribution in [-0.4, -0.2) is 16.6 Å². The van der Waals surface area contributed by atoms with Crippen LogP contribution in [0.2, 0.25) is 5.02 Å². The molecule has 172 valence electrons. The zero-order valence-corrected chi connectivity index (χ0v) is 22.1. The second-order valence-electron chi connectivity index (χ2n) is 7.80. The van der Waals surface area contributed by atoms with Gasteiger partial charge in [0.2, 0.25) is 0 Å². The van der Waals surface area contributed by atoms with E-state index in [2.05, 4.69) is 10.6 Å². The number of urea groups is 1.